The van der Waals surface area contributed by atoms with E-state index in [1.165, 1.54) is 20.8 Å². The Balaban J connectivity index is 0.000000178. The molecule has 0 spiro atoms. The van der Waals surface area contributed by atoms with Crippen molar-refractivity contribution in [3.63, 3.8) is 0 Å². The number of ether oxygens (including phenoxy) is 13. The highest BCUT2D eigenvalue weighted by molar-refractivity contribution is 5.68. The summed E-state index contributed by atoms with van der Waals surface area (Å²) in [6.45, 7) is 25.0. The number of aliphatic hydroxyl groups is 1. The molecule has 7 fully saturated rings. The first-order valence-electron chi connectivity index (χ1n) is 21.4. The van der Waals surface area contributed by atoms with Crippen LogP contribution in [0.3, 0.4) is 0 Å². The van der Waals surface area contributed by atoms with E-state index in [2.05, 4.69) is 0 Å². The lowest BCUT2D eigenvalue weighted by Crippen LogP contribution is -2.60. The average Bonchev–Trinajstić information content (AvgIpc) is 3.82. The number of hydrogen-bond donors (Lipinski definition) is 1. The average molecular weight is 889 g/mol. The van der Waals surface area contributed by atoms with Crippen LogP contribution in [0.5, 0.6) is 0 Å². The number of carbonyl (C=O) groups is 5. The molecule has 5 heterocycles. The fourth-order valence-corrected chi connectivity index (χ4v) is 9.66. The lowest BCUT2D eigenvalue weighted by molar-refractivity contribution is -0.293. The summed E-state index contributed by atoms with van der Waals surface area (Å²) in [7, 11) is 0. The number of fused-ring (bicyclic) bond motifs is 6. The summed E-state index contributed by atoms with van der Waals surface area (Å²) in [6.07, 6.45) is -4.09. The molecule has 0 aromatic carbocycles. The van der Waals surface area contributed by atoms with Crippen molar-refractivity contribution in [2.75, 3.05) is 0 Å². The van der Waals surface area contributed by atoms with Gasteiger partial charge in [-0.3, -0.25) is 19.2 Å². The molecule has 2 aliphatic carbocycles. The van der Waals surface area contributed by atoms with Crippen molar-refractivity contribution in [3.05, 3.63) is 0 Å². The van der Waals surface area contributed by atoms with E-state index in [0.717, 1.165) is 19.6 Å². The molecule has 0 amide bonds. The van der Waals surface area contributed by atoms with Gasteiger partial charge in [0.15, 0.2) is 23.1 Å². The maximum atomic E-state index is 11.5. The van der Waals surface area contributed by atoms with E-state index >= 15 is 0 Å². The minimum atomic E-state index is -1.30. The van der Waals surface area contributed by atoms with Gasteiger partial charge in [-0.2, -0.15) is 0 Å². The van der Waals surface area contributed by atoms with E-state index in [9.17, 15) is 29.1 Å². The molecule has 354 valence electrons. The summed E-state index contributed by atoms with van der Waals surface area (Å²) >= 11 is 0. The first kappa shape index (κ1) is 50.2. The van der Waals surface area contributed by atoms with Crippen LogP contribution in [-0.2, 0) is 85.6 Å². The van der Waals surface area contributed by atoms with Crippen molar-refractivity contribution in [1.82, 2.24) is 0 Å². The van der Waals surface area contributed by atoms with Crippen LogP contribution in [0.25, 0.3) is 0 Å². The second kappa shape index (κ2) is 18.9. The van der Waals surface area contributed by atoms with E-state index in [-0.39, 0.29) is 60.7 Å². The van der Waals surface area contributed by atoms with Gasteiger partial charge in [0.2, 0.25) is 12.4 Å². The first-order chi connectivity index (χ1) is 28.5. The Morgan fingerprint density at radius 1 is 0.581 bits per heavy atom. The normalized spacial score (nSPS) is 41.1. The standard InChI is InChI=1S/C16H24O9.C14H24O5.C13H20O5/c1-7-13(8(2)21-9(3)17)25-16(24-12(6)20)15(23-11(5)19)14(7)22-10(4)18;1-7(15)8-6-9-11(18-13(2,3)16-9)12-10(8)17-14(4,5)19-12;1-12(2)15-8-5-7(6-14)9-11(10(8)17-12)18-13(3,4)16-9/h7-8,13-16H,1-6H3;7-12,15H,6H2,1-5H3;6-11H,5H2,1-4H3/t7-,8-,13-,14-,15+,16?;7-,8+,9?,10-,11-,12?;7-,8?,9+,10+,11?/m110/s1. The summed E-state index contributed by atoms with van der Waals surface area (Å²) in [5.74, 6) is -5.61. The van der Waals surface area contributed by atoms with Gasteiger partial charge in [0.05, 0.1) is 30.5 Å². The maximum Gasteiger partial charge on any atom is 0.305 e. The third kappa shape index (κ3) is 11.9. The van der Waals surface area contributed by atoms with E-state index in [4.69, 9.17) is 61.6 Å². The molecule has 17 atom stereocenters. The largest absolute Gasteiger partial charge is 0.460 e. The number of hydrogen-bond acceptors (Lipinski definition) is 19. The third-order valence-corrected chi connectivity index (χ3v) is 11.7. The van der Waals surface area contributed by atoms with Gasteiger partial charge in [0.1, 0.15) is 49.0 Å². The maximum absolute atomic E-state index is 11.5. The number of esters is 4. The topological polar surface area (TPSA) is 226 Å². The number of aldehydes is 1. The third-order valence-electron chi connectivity index (χ3n) is 11.7. The Morgan fingerprint density at radius 2 is 1.00 bits per heavy atom. The van der Waals surface area contributed by atoms with Crippen LogP contribution in [-0.4, -0.2) is 144 Å². The minimum Gasteiger partial charge on any atom is -0.460 e. The first-order valence-corrected chi connectivity index (χ1v) is 21.4. The lowest BCUT2D eigenvalue weighted by Gasteiger charge is -2.44. The van der Waals surface area contributed by atoms with Gasteiger partial charge >= 0.3 is 23.9 Å². The Morgan fingerprint density at radius 3 is 1.47 bits per heavy atom. The van der Waals surface area contributed by atoms with Gasteiger partial charge in [0, 0.05) is 45.4 Å². The van der Waals surface area contributed by atoms with E-state index in [1.807, 2.05) is 55.4 Å². The van der Waals surface area contributed by atoms with E-state index in [1.54, 1.807) is 20.8 Å². The van der Waals surface area contributed by atoms with Crippen molar-refractivity contribution in [2.24, 2.45) is 17.8 Å². The molecule has 7 aliphatic rings. The molecule has 0 aromatic heterocycles. The molecule has 1 N–H and O–H groups in total. The molecule has 5 saturated heterocycles. The number of aliphatic hydroxyl groups excluding tert-OH is 1. The molecular weight excluding hydrogens is 820 g/mol. The summed E-state index contributed by atoms with van der Waals surface area (Å²) < 4.78 is 73.8. The van der Waals surface area contributed by atoms with Gasteiger partial charge in [-0.15, -0.1) is 0 Å². The van der Waals surface area contributed by atoms with Crippen molar-refractivity contribution >= 4 is 30.2 Å². The number of rotatable bonds is 7. The molecule has 7 rings (SSSR count). The van der Waals surface area contributed by atoms with Gasteiger partial charge in [-0.25, -0.2) is 0 Å². The zero-order chi connectivity index (χ0) is 46.4. The van der Waals surface area contributed by atoms with Crippen LogP contribution in [0.15, 0.2) is 0 Å². The Labute approximate surface area is 363 Å². The SMILES string of the molecule is CC(=O)OC1O[C@@H]([C@@H](C)OC(C)=O)[C@@H](C)[C@@H](OC(C)=O)[C@@H]1OC(C)=O.CC1(C)OC2C[C@@H](C=O)[C@H]3OC(C)(C)OC3[C@@H]2O1.C[C@@H](O)[C@@H]1CC2OC(C)(C)O[C@H]2C2OC(C)(C)O[C@@H]21. The zero-order valence-corrected chi connectivity index (χ0v) is 38.6. The smallest absolute Gasteiger partial charge is 0.305 e. The molecule has 19 heteroatoms. The highest BCUT2D eigenvalue weighted by Gasteiger charge is 2.61. The zero-order valence-electron chi connectivity index (χ0n) is 38.6. The summed E-state index contributed by atoms with van der Waals surface area (Å²) in [5.41, 5.74) is 0. The van der Waals surface area contributed by atoms with Gasteiger partial charge in [0.25, 0.3) is 0 Å². The number of carbonyl (C=O) groups excluding carboxylic acids is 5. The second-order valence-corrected chi connectivity index (χ2v) is 19.0. The van der Waals surface area contributed by atoms with Gasteiger partial charge < -0.3 is 71.5 Å². The van der Waals surface area contributed by atoms with Crippen LogP contribution in [0.2, 0.25) is 0 Å². The molecule has 62 heavy (non-hydrogen) atoms. The summed E-state index contributed by atoms with van der Waals surface area (Å²) in [6, 6.07) is 0. The predicted octanol–water partition coefficient (Wildman–Crippen LogP) is 3.40. The molecule has 5 unspecified atom stereocenters. The highest BCUT2D eigenvalue weighted by Crippen LogP contribution is 2.48. The van der Waals surface area contributed by atoms with E-state index < -0.39 is 89.8 Å². The molecule has 19 nitrogen and oxygen atoms in total. The van der Waals surface area contributed by atoms with Crippen LogP contribution in [0.1, 0.15) is 117 Å². The molecule has 5 aliphatic heterocycles. The quantitative estimate of drug-likeness (QED) is 0.220. The van der Waals surface area contributed by atoms with Crippen LogP contribution < -0.4 is 0 Å². The van der Waals surface area contributed by atoms with Crippen molar-refractivity contribution < 1.29 is 90.7 Å². The molecule has 0 radical (unpaired) electrons. The van der Waals surface area contributed by atoms with E-state index in [0.29, 0.717) is 6.42 Å². The van der Waals surface area contributed by atoms with Crippen molar-refractivity contribution in [3.8, 4) is 0 Å². The summed E-state index contributed by atoms with van der Waals surface area (Å²) in [4.78, 5) is 56.7. The summed E-state index contributed by atoms with van der Waals surface area (Å²) in [5, 5.41) is 10.0. The second-order valence-electron chi connectivity index (χ2n) is 19.0. The van der Waals surface area contributed by atoms with Gasteiger partial charge in [-0.1, -0.05) is 6.92 Å². The van der Waals surface area contributed by atoms with Crippen LogP contribution in [0.4, 0.5) is 0 Å². The fourth-order valence-electron chi connectivity index (χ4n) is 9.66. The molecule has 2 saturated carbocycles. The van der Waals surface area contributed by atoms with Crippen LogP contribution >= 0.6 is 0 Å². The monoisotopic (exact) mass is 888 g/mol. The molecular formula is C43H68O19. The minimum absolute atomic E-state index is 0.0190. The Kier molecular flexibility index (Phi) is 15.3. The lowest BCUT2D eigenvalue weighted by atomic mass is 9.78. The van der Waals surface area contributed by atoms with Crippen molar-refractivity contribution in [2.45, 2.75) is 225 Å². The Bertz CT molecular complexity index is 1630. The Hall–Kier alpha value is -2.85. The molecule has 0 bridgehead atoms. The van der Waals surface area contributed by atoms with Crippen molar-refractivity contribution in [1.29, 1.82) is 0 Å². The van der Waals surface area contributed by atoms with Gasteiger partial charge in [-0.05, 0) is 82.1 Å². The highest BCUT2D eigenvalue weighted by atomic mass is 16.8. The fraction of sp³-hybridized carbons (Fsp3) is 0.884. The van der Waals surface area contributed by atoms with Crippen LogP contribution in [0, 0.1) is 17.8 Å². The predicted molar refractivity (Wildman–Crippen MR) is 211 cm³/mol. The molecule has 0 aromatic rings.